The van der Waals surface area contributed by atoms with Gasteiger partial charge in [0.25, 0.3) is 5.91 Å². The van der Waals surface area contributed by atoms with Crippen LogP contribution in [0.25, 0.3) is 6.08 Å². The molecule has 29 heavy (non-hydrogen) atoms. The molecule has 1 aliphatic heterocycles. The lowest BCUT2D eigenvalue weighted by molar-refractivity contribution is -0.122. The van der Waals surface area contributed by atoms with Gasteiger partial charge in [-0.2, -0.15) is 0 Å². The molecule has 2 aromatic rings. The maximum atomic E-state index is 12.6. The number of rotatable bonds is 7. The zero-order chi connectivity index (χ0) is 20.6. The Morgan fingerprint density at radius 3 is 2.66 bits per heavy atom. The van der Waals surface area contributed by atoms with Crippen molar-refractivity contribution in [2.24, 2.45) is 0 Å². The standard InChI is InChI=1S/C22H20N2O3S2/c1-27-18-12-6-5-11-17(18)23-20(25)14-15-24-21(26)19(29-22(24)28)13-7-10-16-8-3-2-4-9-16/h2-13H,14-15H2,1H3,(H,23,25). The van der Waals surface area contributed by atoms with E-state index in [1.165, 1.54) is 16.7 Å². The molecule has 1 aliphatic rings. The van der Waals surface area contributed by atoms with Gasteiger partial charge in [0.2, 0.25) is 5.91 Å². The fourth-order valence-electron chi connectivity index (χ4n) is 2.69. The van der Waals surface area contributed by atoms with E-state index in [2.05, 4.69) is 5.32 Å². The summed E-state index contributed by atoms with van der Waals surface area (Å²) >= 11 is 6.56. The van der Waals surface area contributed by atoms with Crippen molar-refractivity contribution in [3.8, 4) is 5.75 Å². The molecule has 1 N–H and O–H groups in total. The number of benzene rings is 2. The minimum Gasteiger partial charge on any atom is -0.495 e. The van der Waals surface area contributed by atoms with Crippen LogP contribution in [0.15, 0.2) is 71.7 Å². The number of carbonyl (C=O) groups is 2. The molecule has 0 saturated carbocycles. The molecule has 0 unspecified atom stereocenters. The summed E-state index contributed by atoms with van der Waals surface area (Å²) in [6.07, 6.45) is 5.64. The number of allylic oxidation sites excluding steroid dienone is 2. The maximum Gasteiger partial charge on any atom is 0.266 e. The molecule has 5 nitrogen and oxygen atoms in total. The molecule has 0 aromatic heterocycles. The van der Waals surface area contributed by atoms with Crippen molar-refractivity contribution in [1.29, 1.82) is 0 Å². The zero-order valence-corrected chi connectivity index (χ0v) is 17.5. The number of amides is 2. The van der Waals surface area contributed by atoms with E-state index < -0.39 is 0 Å². The number of carbonyl (C=O) groups excluding carboxylic acids is 2. The molecule has 2 aromatic carbocycles. The van der Waals surface area contributed by atoms with Crippen molar-refractivity contribution in [3.05, 3.63) is 77.2 Å². The van der Waals surface area contributed by atoms with E-state index in [0.29, 0.717) is 20.7 Å². The summed E-state index contributed by atoms with van der Waals surface area (Å²) in [5.74, 6) is 0.193. The van der Waals surface area contributed by atoms with E-state index in [0.717, 1.165) is 5.56 Å². The second-order valence-corrected chi connectivity index (χ2v) is 7.80. The Hall–Kier alpha value is -2.90. The normalized spacial score (nSPS) is 15.3. The van der Waals surface area contributed by atoms with E-state index in [9.17, 15) is 9.59 Å². The van der Waals surface area contributed by atoms with E-state index in [1.807, 2.05) is 54.6 Å². The highest BCUT2D eigenvalue weighted by Crippen LogP contribution is 2.31. The number of anilines is 1. The molecule has 2 amide bonds. The van der Waals surface area contributed by atoms with Crippen molar-refractivity contribution in [1.82, 2.24) is 4.90 Å². The van der Waals surface area contributed by atoms with Gasteiger partial charge in [0.15, 0.2) is 0 Å². The Morgan fingerprint density at radius 1 is 1.17 bits per heavy atom. The molecule has 3 rings (SSSR count). The van der Waals surface area contributed by atoms with Gasteiger partial charge in [0.05, 0.1) is 17.7 Å². The molecule has 0 spiro atoms. The van der Waals surface area contributed by atoms with Crippen LogP contribution in [0.1, 0.15) is 12.0 Å². The van der Waals surface area contributed by atoms with Crippen LogP contribution >= 0.6 is 24.0 Å². The van der Waals surface area contributed by atoms with Crippen LogP contribution in [0, 0.1) is 0 Å². The van der Waals surface area contributed by atoms with Crippen molar-refractivity contribution in [3.63, 3.8) is 0 Å². The molecule has 0 atom stereocenters. The molecule has 0 aliphatic carbocycles. The average Bonchev–Trinajstić information content (AvgIpc) is 3.00. The first-order chi connectivity index (χ1) is 14.1. The van der Waals surface area contributed by atoms with E-state index in [4.69, 9.17) is 17.0 Å². The Labute approximate surface area is 179 Å². The van der Waals surface area contributed by atoms with E-state index in [1.54, 1.807) is 25.3 Å². The molecule has 1 heterocycles. The highest BCUT2D eigenvalue weighted by atomic mass is 32.2. The van der Waals surface area contributed by atoms with Crippen LogP contribution in [-0.4, -0.2) is 34.7 Å². The van der Waals surface area contributed by atoms with Crippen LogP contribution in [0.4, 0.5) is 5.69 Å². The minimum absolute atomic E-state index is 0.137. The van der Waals surface area contributed by atoms with Crippen molar-refractivity contribution in [2.45, 2.75) is 6.42 Å². The molecular formula is C22H20N2O3S2. The molecule has 7 heteroatoms. The van der Waals surface area contributed by atoms with Crippen molar-refractivity contribution in [2.75, 3.05) is 19.0 Å². The molecule has 0 radical (unpaired) electrons. The first-order valence-electron chi connectivity index (χ1n) is 8.98. The largest absolute Gasteiger partial charge is 0.495 e. The Bertz CT molecular complexity index is 971. The Kier molecular flexibility index (Phi) is 7.21. The fraction of sp³-hybridized carbons (Fsp3) is 0.136. The average molecular weight is 425 g/mol. The first kappa shape index (κ1) is 20.8. The summed E-state index contributed by atoms with van der Waals surface area (Å²) in [7, 11) is 1.55. The lowest BCUT2D eigenvalue weighted by Crippen LogP contribution is -2.31. The number of hydrogen-bond acceptors (Lipinski definition) is 5. The summed E-state index contributed by atoms with van der Waals surface area (Å²) in [5, 5.41) is 2.80. The lowest BCUT2D eigenvalue weighted by Gasteiger charge is -2.14. The number of nitrogens with one attached hydrogen (secondary N) is 1. The summed E-state index contributed by atoms with van der Waals surface area (Å²) in [4.78, 5) is 26.9. The predicted octanol–water partition coefficient (Wildman–Crippen LogP) is 4.48. The third-order valence-corrected chi connectivity index (χ3v) is 5.55. The number of ether oxygens (including phenoxy) is 1. The highest BCUT2D eigenvalue weighted by molar-refractivity contribution is 8.26. The van der Waals surface area contributed by atoms with Crippen molar-refractivity contribution >= 4 is 51.9 Å². The molecule has 1 fully saturated rings. The third kappa shape index (κ3) is 5.56. The van der Waals surface area contributed by atoms with Crippen molar-refractivity contribution < 1.29 is 14.3 Å². The van der Waals surface area contributed by atoms with Gasteiger partial charge < -0.3 is 10.1 Å². The predicted molar refractivity (Wildman–Crippen MR) is 122 cm³/mol. The van der Waals surface area contributed by atoms with Crippen LogP contribution in [-0.2, 0) is 9.59 Å². The van der Waals surface area contributed by atoms with Gasteiger partial charge in [-0.3, -0.25) is 14.5 Å². The summed E-state index contributed by atoms with van der Waals surface area (Å²) in [6.45, 7) is 0.228. The maximum absolute atomic E-state index is 12.6. The van der Waals surface area contributed by atoms with E-state index >= 15 is 0 Å². The van der Waals surface area contributed by atoms with Crippen LogP contribution in [0.3, 0.4) is 0 Å². The zero-order valence-electron chi connectivity index (χ0n) is 15.8. The minimum atomic E-state index is -0.212. The summed E-state index contributed by atoms with van der Waals surface area (Å²) in [5.41, 5.74) is 1.64. The number of methoxy groups -OCH3 is 1. The Balaban J connectivity index is 1.56. The molecule has 0 bridgehead atoms. The number of hydrogen-bond donors (Lipinski definition) is 1. The number of para-hydroxylation sites is 2. The van der Waals surface area contributed by atoms with Gasteiger partial charge in [-0.1, -0.05) is 78.6 Å². The smallest absolute Gasteiger partial charge is 0.266 e. The topological polar surface area (TPSA) is 58.6 Å². The molecule has 1 saturated heterocycles. The number of thioether (sulfide) groups is 1. The Morgan fingerprint density at radius 2 is 1.90 bits per heavy atom. The van der Waals surface area contributed by atoms with Gasteiger partial charge in [0, 0.05) is 13.0 Å². The number of nitrogens with zero attached hydrogens (tertiary/aromatic N) is 1. The van der Waals surface area contributed by atoms with Gasteiger partial charge in [-0.05, 0) is 23.8 Å². The van der Waals surface area contributed by atoms with Gasteiger partial charge in [-0.25, -0.2) is 0 Å². The fourth-order valence-corrected chi connectivity index (χ4v) is 3.95. The highest BCUT2D eigenvalue weighted by Gasteiger charge is 2.31. The quantitative estimate of drug-likeness (QED) is 0.525. The van der Waals surface area contributed by atoms with Crippen LogP contribution in [0.5, 0.6) is 5.75 Å². The second kappa shape index (κ2) is 10.0. The number of thiocarbonyl (C=S) groups is 1. The first-order valence-corrected chi connectivity index (χ1v) is 10.2. The second-order valence-electron chi connectivity index (χ2n) is 6.12. The lowest BCUT2D eigenvalue weighted by atomic mass is 10.2. The van der Waals surface area contributed by atoms with Gasteiger partial charge in [-0.15, -0.1) is 0 Å². The molecular weight excluding hydrogens is 404 g/mol. The van der Waals surface area contributed by atoms with E-state index in [-0.39, 0.29) is 24.8 Å². The monoisotopic (exact) mass is 424 g/mol. The van der Waals surface area contributed by atoms with Crippen LogP contribution in [0.2, 0.25) is 0 Å². The van der Waals surface area contributed by atoms with Gasteiger partial charge >= 0.3 is 0 Å². The summed E-state index contributed by atoms with van der Waals surface area (Å²) < 4.78 is 5.68. The van der Waals surface area contributed by atoms with Gasteiger partial charge in [0.1, 0.15) is 10.1 Å². The third-order valence-electron chi connectivity index (χ3n) is 4.15. The SMILES string of the molecule is COc1ccccc1NC(=O)CCN1C(=O)C(=CC=Cc2ccccc2)SC1=S. The molecule has 148 valence electrons. The van der Waals surface area contributed by atoms with Crippen LogP contribution < -0.4 is 10.1 Å². The summed E-state index contributed by atoms with van der Waals surface area (Å²) in [6, 6.07) is 17.0.